The smallest absolute Gasteiger partial charge is 0.251 e. The van der Waals surface area contributed by atoms with E-state index in [4.69, 9.17) is 4.74 Å². The first-order valence-corrected chi connectivity index (χ1v) is 13.1. The molecule has 196 valence electrons. The molecule has 38 heavy (non-hydrogen) atoms. The lowest BCUT2D eigenvalue weighted by Crippen LogP contribution is -2.41. The van der Waals surface area contributed by atoms with Gasteiger partial charge in [-0.2, -0.15) is 0 Å². The van der Waals surface area contributed by atoms with Crippen LogP contribution in [0.4, 0.5) is 0 Å². The summed E-state index contributed by atoms with van der Waals surface area (Å²) in [6.07, 6.45) is 0.632. The summed E-state index contributed by atoms with van der Waals surface area (Å²) in [6.45, 7) is 1.54. The number of nitrogens with one attached hydrogen (secondary N) is 1. The van der Waals surface area contributed by atoms with Crippen molar-refractivity contribution in [3.8, 4) is 0 Å². The molecule has 4 rings (SSSR count). The van der Waals surface area contributed by atoms with Crippen molar-refractivity contribution in [2.75, 3.05) is 33.4 Å². The number of likely N-dealkylation sites (N-methyl/N-ethyl adjacent to an activating group) is 1. The lowest BCUT2D eigenvalue weighted by Gasteiger charge is -2.37. The number of carbonyl (C=O) groups excluding carboxylic acids is 1. The first-order chi connectivity index (χ1) is 18.6. The van der Waals surface area contributed by atoms with E-state index >= 15 is 0 Å². The molecule has 0 spiro atoms. The predicted octanol–water partition coefficient (Wildman–Crippen LogP) is 5.11. The largest absolute Gasteiger partial charge is 0.395 e. The third kappa shape index (κ3) is 6.56. The zero-order valence-corrected chi connectivity index (χ0v) is 21.9. The first-order valence-electron chi connectivity index (χ1n) is 13.1. The average molecular weight is 509 g/mol. The molecule has 0 aliphatic rings. The number of hydrogen-bond donors (Lipinski definition) is 2. The standard InChI is InChI=1S/C33H36N2O3/c1-35(31(26-36)22-23-34-32(37)27-14-6-2-7-15-27)24-25-38-33(28-16-8-3-9-17-28,29-18-10-4-11-19-29)30-20-12-5-13-21-30/h2-21,31,36H,22-26H2,1H3,(H,34,37). The van der Waals surface area contributed by atoms with Crippen molar-refractivity contribution >= 4 is 5.91 Å². The van der Waals surface area contributed by atoms with E-state index < -0.39 is 5.60 Å². The molecule has 1 atom stereocenters. The normalized spacial score (nSPS) is 12.3. The Labute approximate surface area is 225 Å². The van der Waals surface area contributed by atoms with Crippen molar-refractivity contribution in [2.45, 2.75) is 18.1 Å². The van der Waals surface area contributed by atoms with Gasteiger partial charge in [-0.15, -0.1) is 0 Å². The van der Waals surface area contributed by atoms with Crippen LogP contribution in [-0.4, -0.2) is 55.3 Å². The molecule has 0 saturated heterocycles. The van der Waals surface area contributed by atoms with Crippen molar-refractivity contribution in [3.05, 3.63) is 144 Å². The van der Waals surface area contributed by atoms with Crippen LogP contribution in [0.5, 0.6) is 0 Å². The summed E-state index contributed by atoms with van der Waals surface area (Å²) in [6, 6.07) is 40.0. The molecule has 0 aliphatic carbocycles. The third-order valence-electron chi connectivity index (χ3n) is 6.94. The van der Waals surface area contributed by atoms with Crippen LogP contribution in [-0.2, 0) is 10.3 Å². The highest BCUT2D eigenvalue weighted by atomic mass is 16.5. The molecule has 1 unspecified atom stereocenters. The Morgan fingerprint density at radius 3 is 1.68 bits per heavy atom. The van der Waals surface area contributed by atoms with Gasteiger partial charge in [-0.3, -0.25) is 9.69 Å². The van der Waals surface area contributed by atoms with Gasteiger partial charge in [0.2, 0.25) is 0 Å². The second-order valence-electron chi connectivity index (χ2n) is 9.36. The quantitative estimate of drug-likeness (QED) is 0.247. The number of aliphatic hydroxyl groups is 1. The molecule has 5 nitrogen and oxygen atoms in total. The molecule has 0 fully saturated rings. The molecule has 1 amide bonds. The van der Waals surface area contributed by atoms with E-state index in [1.165, 1.54) is 0 Å². The molecule has 4 aromatic carbocycles. The summed E-state index contributed by atoms with van der Waals surface area (Å²) < 4.78 is 6.86. The van der Waals surface area contributed by atoms with E-state index in [0.717, 1.165) is 16.7 Å². The van der Waals surface area contributed by atoms with Gasteiger partial charge in [-0.25, -0.2) is 0 Å². The van der Waals surface area contributed by atoms with Crippen LogP contribution in [0.15, 0.2) is 121 Å². The van der Waals surface area contributed by atoms with E-state index in [1.807, 2.05) is 79.8 Å². The van der Waals surface area contributed by atoms with Crippen molar-refractivity contribution in [2.24, 2.45) is 0 Å². The van der Waals surface area contributed by atoms with Gasteiger partial charge in [0.05, 0.1) is 13.2 Å². The molecule has 5 heteroatoms. The van der Waals surface area contributed by atoms with Gasteiger partial charge in [0.15, 0.2) is 0 Å². The fraction of sp³-hybridized carbons (Fsp3) is 0.242. The third-order valence-corrected chi connectivity index (χ3v) is 6.94. The fourth-order valence-corrected chi connectivity index (χ4v) is 4.79. The van der Waals surface area contributed by atoms with E-state index in [9.17, 15) is 9.90 Å². The van der Waals surface area contributed by atoms with Gasteiger partial charge in [-0.05, 0) is 42.3 Å². The van der Waals surface area contributed by atoms with Crippen LogP contribution in [0.3, 0.4) is 0 Å². The van der Waals surface area contributed by atoms with Crippen molar-refractivity contribution in [1.29, 1.82) is 0 Å². The number of amides is 1. The summed E-state index contributed by atoms with van der Waals surface area (Å²) in [7, 11) is 1.98. The van der Waals surface area contributed by atoms with Crippen LogP contribution in [0.1, 0.15) is 33.5 Å². The number of rotatable bonds is 13. The summed E-state index contributed by atoms with van der Waals surface area (Å²) in [5, 5.41) is 13.0. The Bertz CT molecular complexity index is 1140. The number of ether oxygens (including phenoxy) is 1. The molecule has 2 N–H and O–H groups in total. The minimum atomic E-state index is -0.775. The highest BCUT2D eigenvalue weighted by molar-refractivity contribution is 5.94. The SMILES string of the molecule is CN(CCOC(c1ccccc1)(c1ccccc1)c1ccccc1)C(CO)CCNC(=O)c1ccccc1. The van der Waals surface area contributed by atoms with Crippen LogP contribution < -0.4 is 5.32 Å². The summed E-state index contributed by atoms with van der Waals surface area (Å²) >= 11 is 0. The van der Waals surface area contributed by atoms with E-state index in [-0.39, 0.29) is 18.6 Å². The minimum absolute atomic E-state index is 0.00109. The Hall–Kier alpha value is -3.77. The van der Waals surface area contributed by atoms with Gasteiger partial charge in [0.25, 0.3) is 5.91 Å². The van der Waals surface area contributed by atoms with Gasteiger partial charge >= 0.3 is 0 Å². The molecule has 0 saturated carbocycles. The van der Waals surface area contributed by atoms with Gasteiger partial charge in [-0.1, -0.05) is 109 Å². The van der Waals surface area contributed by atoms with Gasteiger partial charge in [0.1, 0.15) is 5.60 Å². The second kappa shape index (κ2) is 13.7. The fourth-order valence-electron chi connectivity index (χ4n) is 4.79. The van der Waals surface area contributed by atoms with Gasteiger partial charge < -0.3 is 15.2 Å². The second-order valence-corrected chi connectivity index (χ2v) is 9.36. The van der Waals surface area contributed by atoms with Gasteiger partial charge in [0, 0.05) is 24.7 Å². The number of hydrogen-bond acceptors (Lipinski definition) is 4. The molecule has 0 radical (unpaired) electrons. The van der Waals surface area contributed by atoms with Crippen LogP contribution in [0, 0.1) is 0 Å². The Balaban J connectivity index is 1.46. The number of benzene rings is 4. The molecular weight excluding hydrogens is 472 g/mol. The number of nitrogens with zero attached hydrogens (tertiary/aromatic N) is 1. The summed E-state index contributed by atoms with van der Waals surface area (Å²) in [5.74, 6) is -0.105. The number of carbonyl (C=O) groups is 1. The first kappa shape index (κ1) is 27.3. The maximum Gasteiger partial charge on any atom is 0.251 e. The van der Waals surface area contributed by atoms with E-state index in [2.05, 4.69) is 46.6 Å². The number of aliphatic hydroxyl groups excluding tert-OH is 1. The topological polar surface area (TPSA) is 61.8 Å². The maximum absolute atomic E-state index is 12.4. The Morgan fingerprint density at radius 1 is 0.789 bits per heavy atom. The minimum Gasteiger partial charge on any atom is -0.395 e. The highest BCUT2D eigenvalue weighted by Crippen LogP contribution is 2.40. The summed E-state index contributed by atoms with van der Waals surface area (Å²) in [4.78, 5) is 14.5. The van der Waals surface area contributed by atoms with Crippen LogP contribution in [0.25, 0.3) is 0 Å². The highest BCUT2D eigenvalue weighted by Gasteiger charge is 2.37. The zero-order valence-electron chi connectivity index (χ0n) is 21.9. The predicted molar refractivity (Wildman–Crippen MR) is 152 cm³/mol. The summed E-state index contributed by atoms with van der Waals surface area (Å²) in [5.41, 5.74) is 3.03. The van der Waals surface area contributed by atoms with Crippen molar-refractivity contribution in [3.63, 3.8) is 0 Å². The molecule has 0 bridgehead atoms. The Kier molecular flexibility index (Phi) is 9.82. The molecular formula is C33H36N2O3. The average Bonchev–Trinajstić information content (AvgIpc) is 2.99. The van der Waals surface area contributed by atoms with Crippen LogP contribution in [0.2, 0.25) is 0 Å². The molecule has 0 aromatic heterocycles. The maximum atomic E-state index is 12.4. The Morgan fingerprint density at radius 2 is 1.24 bits per heavy atom. The lowest BCUT2D eigenvalue weighted by atomic mass is 9.80. The molecule has 4 aromatic rings. The molecule has 0 heterocycles. The van der Waals surface area contributed by atoms with E-state index in [0.29, 0.717) is 31.7 Å². The van der Waals surface area contributed by atoms with E-state index in [1.54, 1.807) is 12.1 Å². The lowest BCUT2D eigenvalue weighted by molar-refractivity contribution is -0.00437. The van der Waals surface area contributed by atoms with Crippen molar-refractivity contribution in [1.82, 2.24) is 10.2 Å². The van der Waals surface area contributed by atoms with Crippen molar-refractivity contribution < 1.29 is 14.6 Å². The zero-order chi connectivity index (χ0) is 26.6. The molecule has 0 aliphatic heterocycles. The monoisotopic (exact) mass is 508 g/mol. The van der Waals surface area contributed by atoms with Crippen LogP contribution >= 0.6 is 0 Å².